The lowest BCUT2D eigenvalue weighted by atomic mass is 9.84. The van der Waals surface area contributed by atoms with Gasteiger partial charge in [0.25, 0.3) is 5.91 Å². The van der Waals surface area contributed by atoms with E-state index in [1.165, 1.54) is 6.20 Å². The Morgan fingerprint density at radius 2 is 1.76 bits per heavy atom. The van der Waals surface area contributed by atoms with Gasteiger partial charge in [-0.25, -0.2) is 4.98 Å². The number of anilines is 2. The number of morpholine rings is 1. The normalized spacial score (nSPS) is 21.3. The van der Waals surface area contributed by atoms with Crippen LogP contribution in [0.2, 0.25) is 5.02 Å². The highest BCUT2D eigenvalue weighted by molar-refractivity contribution is 6.30. The molecular formula is C25H27ClN4O4. The number of furan rings is 1. The summed E-state index contributed by atoms with van der Waals surface area (Å²) in [5.74, 6) is -0.273. The van der Waals surface area contributed by atoms with Crippen molar-refractivity contribution >= 4 is 45.9 Å². The number of amides is 2. The number of rotatable bonds is 5. The Balaban J connectivity index is 1.30. The van der Waals surface area contributed by atoms with Crippen LogP contribution in [-0.2, 0) is 9.53 Å². The van der Waals surface area contributed by atoms with E-state index < -0.39 is 5.91 Å². The molecule has 0 unspecified atom stereocenters. The summed E-state index contributed by atoms with van der Waals surface area (Å²) in [4.78, 5) is 32.8. The van der Waals surface area contributed by atoms with Crippen LogP contribution in [0.25, 0.3) is 11.0 Å². The molecule has 5 rings (SSSR count). The molecule has 1 saturated carbocycles. The number of nitrogens with zero attached hydrogens (tertiary/aromatic N) is 2. The van der Waals surface area contributed by atoms with Crippen LogP contribution >= 0.6 is 11.6 Å². The first kappa shape index (κ1) is 22.8. The molecule has 3 aromatic rings. The Morgan fingerprint density at radius 3 is 2.50 bits per heavy atom. The monoisotopic (exact) mass is 482 g/mol. The van der Waals surface area contributed by atoms with E-state index in [4.69, 9.17) is 20.8 Å². The Bertz CT molecular complexity index is 1170. The standard InChI is InChI=1S/C25H27ClN4O4/c26-17-7-10-21(27-15-17)28-25(32)23-22(19-3-1-2-4-20(19)34-23)29-24(31)16-5-8-18(9-6-16)30-11-13-33-14-12-30/h1-4,7,10,15-16,18H,5-6,8-9,11-14H2,(H,29,31)(H,27,28,32)/t16-,18-. The van der Waals surface area contributed by atoms with Gasteiger partial charge in [-0.3, -0.25) is 14.5 Å². The predicted octanol–water partition coefficient (Wildman–Crippen LogP) is 4.56. The van der Waals surface area contributed by atoms with Crippen molar-refractivity contribution in [2.24, 2.45) is 5.92 Å². The van der Waals surface area contributed by atoms with Gasteiger partial charge in [-0.2, -0.15) is 0 Å². The third-order valence-corrected chi connectivity index (χ3v) is 6.87. The van der Waals surface area contributed by atoms with Crippen molar-refractivity contribution in [3.63, 3.8) is 0 Å². The smallest absolute Gasteiger partial charge is 0.294 e. The van der Waals surface area contributed by atoms with Gasteiger partial charge in [0.1, 0.15) is 17.1 Å². The molecule has 1 saturated heterocycles. The summed E-state index contributed by atoms with van der Waals surface area (Å²) in [6.45, 7) is 3.49. The predicted molar refractivity (Wildman–Crippen MR) is 130 cm³/mol. The molecule has 9 heteroatoms. The maximum absolute atomic E-state index is 13.2. The first-order valence-electron chi connectivity index (χ1n) is 11.7. The van der Waals surface area contributed by atoms with Gasteiger partial charge in [0.15, 0.2) is 0 Å². The van der Waals surface area contributed by atoms with Gasteiger partial charge in [-0.05, 0) is 49.9 Å². The lowest BCUT2D eigenvalue weighted by Gasteiger charge is -2.38. The van der Waals surface area contributed by atoms with Crippen molar-refractivity contribution in [2.45, 2.75) is 31.7 Å². The molecule has 0 spiro atoms. The molecule has 8 nitrogen and oxygen atoms in total. The van der Waals surface area contributed by atoms with Crippen LogP contribution in [0.3, 0.4) is 0 Å². The van der Waals surface area contributed by atoms with E-state index in [1.807, 2.05) is 18.2 Å². The summed E-state index contributed by atoms with van der Waals surface area (Å²) in [5.41, 5.74) is 0.922. The van der Waals surface area contributed by atoms with E-state index in [-0.39, 0.29) is 17.6 Å². The number of fused-ring (bicyclic) bond motifs is 1. The van der Waals surface area contributed by atoms with Gasteiger partial charge in [0, 0.05) is 36.6 Å². The van der Waals surface area contributed by atoms with Crippen LogP contribution in [0.5, 0.6) is 0 Å². The SMILES string of the molecule is O=C(Nc1ccc(Cl)cn1)c1oc2ccccc2c1NC(=O)[C@H]1CC[C@H](N2CCOCC2)CC1. The number of pyridine rings is 1. The molecule has 1 aliphatic heterocycles. The maximum atomic E-state index is 13.2. The molecule has 2 aromatic heterocycles. The molecule has 34 heavy (non-hydrogen) atoms. The number of nitrogens with one attached hydrogen (secondary N) is 2. The third-order valence-electron chi connectivity index (χ3n) is 6.65. The van der Waals surface area contributed by atoms with Crippen LogP contribution in [0.4, 0.5) is 11.5 Å². The molecule has 178 valence electrons. The highest BCUT2D eigenvalue weighted by Gasteiger charge is 2.31. The van der Waals surface area contributed by atoms with Crippen molar-refractivity contribution in [3.05, 3.63) is 53.4 Å². The number of para-hydroxylation sites is 1. The number of benzene rings is 1. The zero-order valence-electron chi connectivity index (χ0n) is 18.8. The molecule has 0 radical (unpaired) electrons. The summed E-state index contributed by atoms with van der Waals surface area (Å²) in [6, 6.07) is 11.0. The van der Waals surface area contributed by atoms with Crippen LogP contribution in [0, 0.1) is 5.92 Å². The highest BCUT2D eigenvalue weighted by Crippen LogP contribution is 2.34. The molecule has 3 heterocycles. The second kappa shape index (κ2) is 10.1. The number of halogens is 1. The molecule has 2 N–H and O–H groups in total. The topological polar surface area (TPSA) is 96.7 Å². The minimum Gasteiger partial charge on any atom is -0.449 e. The zero-order valence-corrected chi connectivity index (χ0v) is 19.5. The van der Waals surface area contributed by atoms with Crippen molar-refractivity contribution in [1.82, 2.24) is 9.88 Å². The number of carbonyl (C=O) groups excluding carboxylic acids is 2. The Hall–Kier alpha value is -2.94. The number of hydrogen-bond donors (Lipinski definition) is 2. The fraction of sp³-hybridized carbons (Fsp3) is 0.400. The fourth-order valence-corrected chi connectivity index (χ4v) is 4.94. The van der Waals surface area contributed by atoms with E-state index >= 15 is 0 Å². The molecular weight excluding hydrogens is 456 g/mol. The minimum atomic E-state index is -0.489. The van der Waals surface area contributed by atoms with Crippen molar-refractivity contribution < 1.29 is 18.7 Å². The lowest BCUT2D eigenvalue weighted by molar-refractivity contribution is -0.121. The first-order chi connectivity index (χ1) is 16.6. The molecule has 0 atom stereocenters. The number of ether oxygens (including phenoxy) is 1. The molecule has 2 aliphatic rings. The van der Waals surface area contributed by atoms with Gasteiger partial charge in [-0.1, -0.05) is 23.7 Å². The quantitative estimate of drug-likeness (QED) is 0.553. The van der Waals surface area contributed by atoms with Crippen LogP contribution < -0.4 is 10.6 Å². The van der Waals surface area contributed by atoms with E-state index in [1.54, 1.807) is 18.2 Å². The molecule has 2 fully saturated rings. The largest absolute Gasteiger partial charge is 0.449 e. The minimum absolute atomic E-state index is 0.0494. The zero-order chi connectivity index (χ0) is 23.5. The van der Waals surface area contributed by atoms with Gasteiger partial charge < -0.3 is 19.8 Å². The summed E-state index contributed by atoms with van der Waals surface area (Å²) >= 11 is 5.88. The lowest BCUT2D eigenvalue weighted by Crippen LogP contribution is -2.45. The first-order valence-corrected chi connectivity index (χ1v) is 12.0. The molecule has 2 amide bonds. The summed E-state index contributed by atoms with van der Waals surface area (Å²) < 4.78 is 11.3. The average molecular weight is 483 g/mol. The molecule has 1 aromatic carbocycles. The van der Waals surface area contributed by atoms with Gasteiger partial charge in [0.05, 0.1) is 18.2 Å². The van der Waals surface area contributed by atoms with Gasteiger partial charge in [0.2, 0.25) is 11.7 Å². The van der Waals surface area contributed by atoms with Crippen LogP contribution in [0.1, 0.15) is 36.2 Å². The number of carbonyl (C=O) groups is 2. The fourth-order valence-electron chi connectivity index (χ4n) is 4.82. The summed E-state index contributed by atoms with van der Waals surface area (Å²) in [5, 5.41) is 6.87. The van der Waals surface area contributed by atoms with Gasteiger partial charge >= 0.3 is 0 Å². The Morgan fingerprint density at radius 1 is 1.00 bits per heavy atom. The second-order valence-electron chi connectivity index (χ2n) is 8.76. The van der Waals surface area contributed by atoms with Crippen LogP contribution in [-0.4, -0.2) is 54.0 Å². The van der Waals surface area contributed by atoms with Gasteiger partial charge in [-0.15, -0.1) is 0 Å². The molecule has 1 aliphatic carbocycles. The van der Waals surface area contributed by atoms with E-state index in [0.717, 1.165) is 52.0 Å². The van der Waals surface area contributed by atoms with Crippen molar-refractivity contribution in [1.29, 1.82) is 0 Å². The van der Waals surface area contributed by atoms with Crippen molar-refractivity contribution in [3.8, 4) is 0 Å². The summed E-state index contributed by atoms with van der Waals surface area (Å²) in [7, 11) is 0. The Kier molecular flexibility index (Phi) is 6.80. The average Bonchev–Trinajstić information content (AvgIpc) is 3.24. The van der Waals surface area contributed by atoms with Crippen molar-refractivity contribution in [2.75, 3.05) is 36.9 Å². The number of aromatic nitrogens is 1. The Labute approximate surface area is 202 Å². The van der Waals surface area contributed by atoms with E-state index in [2.05, 4.69) is 20.5 Å². The van der Waals surface area contributed by atoms with E-state index in [0.29, 0.717) is 33.5 Å². The third kappa shape index (κ3) is 4.94. The number of hydrogen-bond acceptors (Lipinski definition) is 6. The second-order valence-corrected chi connectivity index (χ2v) is 9.20. The van der Waals surface area contributed by atoms with Crippen LogP contribution in [0.15, 0.2) is 47.0 Å². The highest BCUT2D eigenvalue weighted by atomic mass is 35.5. The maximum Gasteiger partial charge on any atom is 0.294 e. The molecule has 0 bridgehead atoms. The summed E-state index contributed by atoms with van der Waals surface area (Å²) in [6.07, 6.45) is 5.06. The van der Waals surface area contributed by atoms with E-state index in [9.17, 15) is 9.59 Å².